The Balaban J connectivity index is 2.28. The molecular formula is C18H20N2O. The van der Waals surface area contributed by atoms with E-state index in [0.717, 1.165) is 12.0 Å². The third kappa shape index (κ3) is 2.13. The minimum absolute atomic E-state index is 0.159. The van der Waals surface area contributed by atoms with E-state index in [1.807, 2.05) is 12.1 Å². The molecule has 1 amide bonds. The molecule has 2 N–H and O–H groups in total. The van der Waals surface area contributed by atoms with Gasteiger partial charge in [0.15, 0.2) is 0 Å². The van der Waals surface area contributed by atoms with Crippen molar-refractivity contribution in [3.05, 3.63) is 53.2 Å². The van der Waals surface area contributed by atoms with Gasteiger partial charge in [-0.15, -0.1) is 0 Å². The first-order valence-corrected chi connectivity index (χ1v) is 7.30. The number of primary amides is 1. The average molecular weight is 280 g/mol. The Hall–Kier alpha value is -2.16. The van der Waals surface area contributed by atoms with E-state index in [-0.39, 0.29) is 5.41 Å². The van der Waals surface area contributed by atoms with Crippen LogP contribution >= 0.6 is 0 Å². The number of carbonyl (C=O) groups excluding carboxylic acids is 1. The average Bonchev–Trinajstić information content (AvgIpc) is 2.69. The summed E-state index contributed by atoms with van der Waals surface area (Å²) in [6.07, 6.45) is 2.82. The lowest BCUT2D eigenvalue weighted by atomic mass is 9.85. The summed E-state index contributed by atoms with van der Waals surface area (Å²) in [5, 5.41) is 0. The second kappa shape index (κ2) is 4.69. The van der Waals surface area contributed by atoms with E-state index in [4.69, 9.17) is 5.73 Å². The van der Waals surface area contributed by atoms with Gasteiger partial charge in [-0.1, -0.05) is 39.0 Å². The topological polar surface area (TPSA) is 56.0 Å². The molecule has 1 unspecified atom stereocenters. The fourth-order valence-electron chi connectivity index (χ4n) is 3.69. The first-order chi connectivity index (χ1) is 9.92. The third-order valence-electron chi connectivity index (χ3n) is 4.47. The highest BCUT2D eigenvalue weighted by molar-refractivity contribution is 5.99. The Morgan fingerprint density at radius 3 is 2.76 bits per heavy atom. The lowest BCUT2D eigenvalue weighted by Crippen LogP contribution is -2.14. The molecule has 0 spiro atoms. The van der Waals surface area contributed by atoms with Crippen LogP contribution in [0.5, 0.6) is 0 Å². The van der Waals surface area contributed by atoms with E-state index in [9.17, 15) is 4.79 Å². The maximum Gasteiger partial charge on any atom is 0.250 e. The Bertz CT molecular complexity index is 719. The van der Waals surface area contributed by atoms with E-state index in [1.165, 1.54) is 11.1 Å². The van der Waals surface area contributed by atoms with Crippen LogP contribution < -0.4 is 5.73 Å². The quantitative estimate of drug-likeness (QED) is 0.913. The van der Waals surface area contributed by atoms with Crippen molar-refractivity contribution in [1.82, 2.24) is 4.98 Å². The van der Waals surface area contributed by atoms with Crippen molar-refractivity contribution in [3.63, 3.8) is 0 Å². The largest absolute Gasteiger partial charge is 0.366 e. The number of benzene rings is 1. The number of hydrogen-bond donors (Lipinski definition) is 1. The van der Waals surface area contributed by atoms with Crippen LogP contribution in [0, 0.1) is 0 Å². The normalized spacial score (nSPS) is 19.3. The number of fused-ring (bicyclic) bond motifs is 1. The van der Waals surface area contributed by atoms with Gasteiger partial charge in [0, 0.05) is 11.8 Å². The van der Waals surface area contributed by atoms with Crippen LogP contribution in [-0.2, 0) is 5.41 Å². The highest BCUT2D eigenvalue weighted by atomic mass is 16.1. The molecule has 0 aliphatic heterocycles. The van der Waals surface area contributed by atoms with Gasteiger partial charge in [-0.05, 0) is 41.0 Å². The minimum Gasteiger partial charge on any atom is -0.366 e. The fourth-order valence-corrected chi connectivity index (χ4v) is 3.69. The van der Waals surface area contributed by atoms with Crippen molar-refractivity contribution in [2.45, 2.75) is 38.5 Å². The lowest BCUT2D eigenvalue weighted by Gasteiger charge is -2.19. The zero-order valence-corrected chi connectivity index (χ0v) is 12.7. The van der Waals surface area contributed by atoms with E-state index in [0.29, 0.717) is 17.2 Å². The molecule has 2 aromatic rings. The zero-order valence-electron chi connectivity index (χ0n) is 12.7. The molecule has 0 radical (unpaired) electrons. The molecular weight excluding hydrogens is 260 g/mol. The lowest BCUT2D eigenvalue weighted by molar-refractivity contribution is 0.100. The van der Waals surface area contributed by atoms with Crippen LogP contribution in [-0.4, -0.2) is 10.9 Å². The van der Waals surface area contributed by atoms with Gasteiger partial charge >= 0.3 is 0 Å². The van der Waals surface area contributed by atoms with Crippen molar-refractivity contribution in [3.8, 4) is 11.3 Å². The number of carbonyl (C=O) groups is 1. The zero-order chi connectivity index (χ0) is 15.2. The molecule has 1 aromatic carbocycles. The van der Waals surface area contributed by atoms with E-state index < -0.39 is 5.91 Å². The van der Waals surface area contributed by atoms with Gasteiger partial charge < -0.3 is 5.73 Å². The number of hydrogen-bond acceptors (Lipinski definition) is 2. The molecule has 0 fully saturated rings. The second-order valence-corrected chi connectivity index (χ2v) is 6.52. The number of pyridine rings is 1. The van der Waals surface area contributed by atoms with Crippen LogP contribution in [0.3, 0.4) is 0 Å². The van der Waals surface area contributed by atoms with Crippen LogP contribution in [0.1, 0.15) is 54.6 Å². The molecule has 3 nitrogen and oxygen atoms in total. The molecule has 1 aliphatic rings. The Morgan fingerprint density at radius 1 is 1.29 bits per heavy atom. The summed E-state index contributed by atoms with van der Waals surface area (Å²) in [5.74, 6) is 0.0227. The van der Waals surface area contributed by atoms with E-state index in [1.54, 1.807) is 18.3 Å². The predicted octanol–water partition coefficient (Wildman–Crippen LogP) is 3.63. The van der Waals surface area contributed by atoms with Crippen LogP contribution in [0.25, 0.3) is 11.3 Å². The van der Waals surface area contributed by atoms with Crippen molar-refractivity contribution < 1.29 is 4.79 Å². The number of aromatic nitrogens is 1. The number of nitrogens with two attached hydrogens (primary N) is 1. The van der Waals surface area contributed by atoms with Gasteiger partial charge in [0.05, 0.1) is 11.3 Å². The number of rotatable bonds is 2. The molecule has 3 rings (SSSR count). The first kappa shape index (κ1) is 13.8. The Kier molecular flexibility index (Phi) is 3.08. The summed E-state index contributed by atoms with van der Waals surface area (Å²) in [6, 6.07) is 9.78. The standard InChI is InChI=1S/C18H20N2O/c1-11-10-18(2,3)14-8-4-6-12(15(11)14)16-13(17(19)21)7-5-9-20-16/h4-9,11H,10H2,1-3H3,(H2,19,21). The summed E-state index contributed by atoms with van der Waals surface area (Å²) in [7, 11) is 0. The van der Waals surface area contributed by atoms with Gasteiger partial charge in [0.1, 0.15) is 0 Å². The number of amides is 1. The molecule has 21 heavy (non-hydrogen) atoms. The van der Waals surface area contributed by atoms with Gasteiger partial charge in [-0.25, -0.2) is 0 Å². The van der Waals surface area contributed by atoms with Crippen LogP contribution in [0.4, 0.5) is 0 Å². The van der Waals surface area contributed by atoms with Gasteiger partial charge in [-0.2, -0.15) is 0 Å². The Morgan fingerprint density at radius 2 is 2.05 bits per heavy atom. The fraction of sp³-hybridized carbons (Fsp3) is 0.333. The summed E-state index contributed by atoms with van der Waals surface area (Å²) >= 11 is 0. The van der Waals surface area contributed by atoms with Gasteiger partial charge in [-0.3, -0.25) is 9.78 Å². The maximum atomic E-state index is 11.7. The van der Waals surface area contributed by atoms with Crippen LogP contribution in [0.2, 0.25) is 0 Å². The molecule has 0 bridgehead atoms. The van der Waals surface area contributed by atoms with Crippen molar-refractivity contribution in [2.24, 2.45) is 5.73 Å². The molecule has 0 saturated heterocycles. The summed E-state index contributed by atoms with van der Waals surface area (Å²) in [4.78, 5) is 16.1. The van der Waals surface area contributed by atoms with Gasteiger partial charge in [0.25, 0.3) is 5.91 Å². The summed E-state index contributed by atoms with van der Waals surface area (Å²) in [6.45, 7) is 6.78. The third-order valence-corrected chi connectivity index (χ3v) is 4.47. The Labute approximate surface area is 125 Å². The van der Waals surface area contributed by atoms with Gasteiger partial charge in [0.2, 0.25) is 0 Å². The smallest absolute Gasteiger partial charge is 0.250 e. The molecule has 3 heteroatoms. The second-order valence-electron chi connectivity index (χ2n) is 6.52. The SMILES string of the molecule is CC1CC(C)(C)c2cccc(-c3ncccc3C(N)=O)c21. The highest BCUT2D eigenvalue weighted by Crippen LogP contribution is 2.49. The minimum atomic E-state index is -0.430. The summed E-state index contributed by atoms with van der Waals surface area (Å²) in [5.41, 5.74) is 10.6. The van der Waals surface area contributed by atoms with Crippen molar-refractivity contribution in [1.29, 1.82) is 0 Å². The molecule has 1 heterocycles. The van der Waals surface area contributed by atoms with E-state index >= 15 is 0 Å². The van der Waals surface area contributed by atoms with Crippen molar-refractivity contribution in [2.75, 3.05) is 0 Å². The predicted molar refractivity (Wildman–Crippen MR) is 84.2 cm³/mol. The van der Waals surface area contributed by atoms with Crippen LogP contribution in [0.15, 0.2) is 36.5 Å². The highest BCUT2D eigenvalue weighted by Gasteiger charge is 2.36. The maximum absolute atomic E-state index is 11.7. The van der Waals surface area contributed by atoms with E-state index in [2.05, 4.69) is 31.8 Å². The molecule has 0 saturated carbocycles. The summed E-state index contributed by atoms with van der Waals surface area (Å²) < 4.78 is 0. The monoisotopic (exact) mass is 280 g/mol. The molecule has 1 atom stereocenters. The molecule has 1 aliphatic carbocycles. The molecule has 108 valence electrons. The molecule has 1 aromatic heterocycles. The van der Waals surface area contributed by atoms with Crippen molar-refractivity contribution >= 4 is 5.91 Å². The number of nitrogens with zero attached hydrogens (tertiary/aromatic N) is 1. The first-order valence-electron chi connectivity index (χ1n) is 7.30.